The highest BCUT2D eigenvalue weighted by atomic mass is 16.6. The molecule has 1 heterocycles. The molecule has 0 bridgehead atoms. The zero-order valence-electron chi connectivity index (χ0n) is 23.2. The third-order valence-electron chi connectivity index (χ3n) is 7.06. The molecule has 5 nitrogen and oxygen atoms in total. The molecule has 5 heteroatoms. The van der Waals surface area contributed by atoms with Crippen molar-refractivity contribution >= 4 is 12.0 Å². The van der Waals surface area contributed by atoms with Gasteiger partial charge in [-0.1, -0.05) is 72.3 Å². The third kappa shape index (κ3) is 7.70. The normalized spacial score (nSPS) is 14.3. The predicted molar refractivity (Wildman–Crippen MR) is 153 cm³/mol. The lowest BCUT2D eigenvalue weighted by atomic mass is 9.95. The van der Waals surface area contributed by atoms with E-state index in [1.807, 2.05) is 62.9 Å². The fraction of sp³-hybridized carbons (Fsp3) is 0.394. The SMILES string of the molecule is Cc1ccc(C(=O)N(CCc2ccc(-c3ccccc3)cc2)CC2CCN(C(=O)OC(C)(C)C)CC2)cc1. The molecule has 200 valence electrons. The molecule has 3 aromatic rings. The quantitative estimate of drug-likeness (QED) is 0.343. The Bertz CT molecular complexity index is 1190. The summed E-state index contributed by atoms with van der Waals surface area (Å²) in [6.07, 6.45) is 2.27. The molecule has 3 aromatic carbocycles. The van der Waals surface area contributed by atoms with Crippen molar-refractivity contribution in [2.75, 3.05) is 26.2 Å². The number of nitrogens with zero attached hydrogens (tertiary/aromatic N) is 2. The average Bonchev–Trinajstić information content (AvgIpc) is 2.91. The lowest BCUT2D eigenvalue weighted by molar-refractivity contribution is 0.0167. The Hall–Kier alpha value is -3.60. The first kappa shape index (κ1) is 27.4. The summed E-state index contributed by atoms with van der Waals surface area (Å²) in [5.41, 5.74) is 4.98. The zero-order valence-corrected chi connectivity index (χ0v) is 23.2. The van der Waals surface area contributed by atoms with Crippen LogP contribution in [0.5, 0.6) is 0 Å². The van der Waals surface area contributed by atoms with Crippen LogP contribution < -0.4 is 0 Å². The third-order valence-corrected chi connectivity index (χ3v) is 7.06. The summed E-state index contributed by atoms with van der Waals surface area (Å²) < 4.78 is 5.55. The topological polar surface area (TPSA) is 49.9 Å². The van der Waals surface area contributed by atoms with Crippen molar-refractivity contribution in [1.29, 1.82) is 0 Å². The molecule has 4 rings (SSSR count). The maximum Gasteiger partial charge on any atom is 0.410 e. The van der Waals surface area contributed by atoms with Crippen LogP contribution in [0.2, 0.25) is 0 Å². The first-order valence-electron chi connectivity index (χ1n) is 13.7. The summed E-state index contributed by atoms with van der Waals surface area (Å²) in [5, 5.41) is 0. The van der Waals surface area contributed by atoms with Crippen molar-refractivity contribution in [1.82, 2.24) is 9.80 Å². The molecule has 0 atom stereocenters. The largest absolute Gasteiger partial charge is 0.444 e. The van der Waals surface area contributed by atoms with Gasteiger partial charge in [0.15, 0.2) is 0 Å². The molecule has 38 heavy (non-hydrogen) atoms. The highest BCUT2D eigenvalue weighted by molar-refractivity contribution is 5.94. The number of likely N-dealkylation sites (tertiary alicyclic amines) is 1. The summed E-state index contributed by atoms with van der Waals surface area (Å²) >= 11 is 0. The summed E-state index contributed by atoms with van der Waals surface area (Å²) in [6, 6.07) is 26.8. The summed E-state index contributed by atoms with van der Waals surface area (Å²) in [4.78, 5) is 29.8. The van der Waals surface area contributed by atoms with E-state index in [4.69, 9.17) is 4.74 Å². The Morgan fingerprint density at radius 1 is 0.868 bits per heavy atom. The standard InChI is InChI=1S/C33H40N2O3/c1-25-10-14-30(15-11-25)31(36)35(24-27-19-21-34(22-20-27)32(37)38-33(2,3)4)23-18-26-12-16-29(17-13-26)28-8-6-5-7-9-28/h5-17,27H,18-24H2,1-4H3. The second-order valence-corrected chi connectivity index (χ2v) is 11.3. The van der Waals surface area contributed by atoms with E-state index in [-0.39, 0.29) is 12.0 Å². The minimum Gasteiger partial charge on any atom is -0.444 e. The van der Waals surface area contributed by atoms with Gasteiger partial charge in [-0.2, -0.15) is 0 Å². The van der Waals surface area contributed by atoms with Crippen LogP contribution in [0.3, 0.4) is 0 Å². The van der Waals surface area contributed by atoms with E-state index in [0.29, 0.717) is 32.1 Å². The summed E-state index contributed by atoms with van der Waals surface area (Å²) in [6.45, 7) is 10.4. The second kappa shape index (κ2) is 12.3. The molecule has 1 aliphatic heterocycles. The molecule has 0 spiro atoms. The highest BCUT2D eigenvalue weighted by Crippen LogP contribution is 2.23. The van der Waals surface area contributed by atoms with Crippen LogP contribution in [0.4, 0.5) is 4.79 Å². The van der Waals surface area contributed by atoms with E-state index in [9.17, 15) is 9.59 Å². The molecule has 1 saturated heterocycles. The van der Waals surface area contributed by atoms with Crippen LogP contribution in [-0.4, -0.2) is 53.6 Å². The first-order chi connectivity index (χ1) is 18.2. The van der Waals surface area contributed by atoms with Gasteiger partial charge >= 0.3 is 6.09 Å². The number of aryl methyl sites for hydroxylation is 1. The van der Waals surface area contributed by atoms with Gasteiger partial charge in [-0.15, -0.1) is 0 Å². The number of piperidine rings is 1. The maximum absolute atomic E-state index is 13.6. The molecular formula is C33H40N2O3. The molecule has 0 aromatic heterocycles. The number of carbonyl (C=O) groups is 2. The fourth-order valence-corrected chi connectivity index (χ4v) is 4.85. The molecule has 0 saturated carbocycles. The zero-order chi connectivity index (χ0) is 27.1. The van der Waals surface area contributed by atoms with Gasteiger partial charge in [-0.05, 0) is 81.7 Å². The Balaban J connectivity index is 1.40. The van der Waals surface area contributed by atoms with Crippen molar-refractivity contribution in [3.63, 3.8) is 0 Å². The van der Waals surface area contributed by atoms with Crippen molar-refractivity contribution in [3.8, 4) is 11.1 Å². The predicted octanol–water partition coefficient (Wildman–Crippen LogP) is 6.99. The number of amides is 2. The fourth-order valence-electron chi connectivity index (χ4n) is 4.85. The van der Waals surface area contributed by atoms with Crippen LogP contribution in [0, 0.1) is 12.8 Å². The van der Waals surface area contributed by atoms with Gasteiger partial charge in [0.1, 0.15) is 5.60 Å². The first-order valence-corrected chi connectivity index (χ1v) is 13.7. The lowest BCUT2D eigenvalue weighted by Gasteiger charge is -2.35. The van der Waals surface area contributed by atoms with E-state index in [2.05, 4.69) is 48.5 Å². The van der Waals surface area contributed by atoms with Gasteiger partial charge < -0.3 is 14.5 Å². The molecule has 1 fully saturated rings. The maximum atomic E-state index is 13.6. The number of hydrogen-bond donors (Lipinski definition) is 0. The van der Waals surface area contributed by atoms with Crippen molar-refractivity contribution in [3.05, 3.63) is 95.6 Å². The van der Waals surface area contributed by atoms with Gasteiger partial charge in [0.05, 0.1) is 0 Å². The number of carbonyl (C=O) groups excluding carboxylic acids is 2. The van der Waals surface area contributed by atoms with Gasteiger partial charge in [-0.25, -0.2) is 4.79 Å². The van der Waals surface area contributed by atoms with Crippen LogP contribution >= 0.6 is 0 Å². The Kier molecular flexibility index (Phi) is 8.88. The lowest BCUT2D eigenvalue weighted by Crippen LogP contribution is -2.45. The molecule has 0 unspecified atom stereocenters. The summed E-state index contributed by atoms with van der Waals surface area (Å²) in [5.74, 6) is 0.420. The number of ether oxygens (including phenoxy) is 1. The Morgan fingerprint density at radius 2 is 1.47 bits per heavy atom. The van der Waals surface area contributed by atoms with Crippen molar-refractivity contribution in [2.45, 2.75) is 52.6 Å². The van der Waals surface area contributed by atoms with Crippen LogP contribution in [0.25, 0.3) is 11.1 Å². The van der Waals surface area contributed by atoms with E-state index in [0.717, 1.165) is 30.4 Å². The van der Waals surface area contributed by atoms with E-state index in [1.165, 1.54) is 16.7 Å². The minimum absolute atomic E-state index is 0.0699. The molecule has 2 amide bonds. The molecular weight excluding hydrogens is 472 g/mol. The van der Waals surface area contributed by atoms with Gasteiger partial charge in [0.2, 0.25) is 0 Å². The Morgan fingerprint density at radius 3 is 2.08 bits per heavy atom. The smallest absolute Gasteiger partial charge is 0.410 e. The van der Waals surface area contributed by atoms with Gasteiger partial charge in [0, 0.05) is 31.7 Å². The van der Waals surface area contributed by atoms with E-state index >= 15 is 0 Å². The highest BCUT2D eigenvalue weighted by Gasteiger charge is 2.29. The van der Waals surface area contributed by atoms with Crippen LogP contribution in [0.15, 0.2) is 78.9 Å². The molecule has 0 N–H and O–H groups in total. The number of benzene rings is 3. The second-order valence-electron chi connectivity index (χ2n) is 11.3. The monoisotopic (exact) mass is 512 g/mol. The molecule has 0 radical (unpaired) electrons. The minimum atomic E-state index is -0.496. The van der Waals surface area contributed by atoms with Crippen molar-refractivity contribution in [2.24, 2.45) is 5.92 Å². The molecule has 0 aliphatic carbocycles. The van der Waals surface area contributed by atoms with Crippen LogP contribution in [0.1, 0.15) is 55.1 Å². The van der Waals surface area contributed by atoms with Crippen molar-refractivity contribution < 1.29 is 14.3 Å². The number of rotatable bonds is 7. The average molecular weight is 513 g/mol. The molecule has 1 aliphatic rings. The van der Waals surface area contributed by atoms with Crippen LogP contribution in [-0.2, 0) is 11.2 Å². The van der Waals surface area contributed by atoms with Gasteiger partial charge in [-0.3, -0.25) is 4.79 Å². The van der Waals surface area contributed by atoms with E-state index < -0.39 is 5.60 Å². The van der Waals surface area contributed by atoms with E-state index in [1.54, 1.807) is 4.90 Å². The Labute approximate surface area is 227 Å². The van der Waals surface area contributed by atoms with Gasteiger partial charge in [0.25, 0.3) is 5.91 Å². The summed E-state index contributed by atoms with van der Waals surface area (Å²) in [7, 11) is 0. The number of hydrogen-bond acceptors (Lipinski definition) is 3.